The number of nitrogens with one attached hydrogen (secondary N) is 1. The molecule has 2 N–H and O–H groups in total. The lowest BCUT2D eigenvalue weighted by Crippen LogP contribution is -2.40. The van der Waals surface area contributed by atoms with Crippen LogP contribution in [0.4, 0.5) is 0 Å². The lowest BCUT2D eigenvalue weighted by atomic mass is 10.1. The molecule has 0 aliphatic heterocycles. The molecular formula is C12H17N3O3. The van der Waals surface area contributed by atoms with E-state index < -0.39 is 12.0 Å². The van der Waals surface area contributed by atoms with Gasteiger partial charge in [0.1, 0.15) is 6.04 Å². The quantitative estimate of drug-likeness (QED) is 0.814. The first-order valence-electron chi connectivity index (χ1n) is 6.10. The molecule has 1 aliphatic rings. The van der Waals surface area contributed by atoms with Crippen LogP contribution >= 0.6 is 0 Å². The first-order chi connectivity index (χ1) is 8.54. The van der Waals surface area contributed by atoms with Crippen LogP contribution in [0.15, 0.2) is 6.20 Å². The van der Waals surface area contributed by atoms with E-state index in [0.717, 1.165) is 18.5 Å². The molecule has 1 unspecified atom stereocenters. The van der Waals surface area contributed by atoms with Crippen LogP contribution in [0.25, 0.3) is 0 Å². The number of carboxylic acid groups (broad SMARTS) is 1. The van der Waals surface area contributed by atoms with Crippen molar-refractivity contribution in [2.75, 3.05) is 0 Å². The number of carboxylic acids is 1. The Balaban J connectivity index is 2.16. The van der Waals surface area contributed by atoms with Gasteiger partial charge in [0.2, 0.25) is 0 Å². The molecule has 1 atom stereocenters. The highest BCUT2D eigenvalue weighted by atomic mass is 16.4. The van der Waals surface area contributed by atoms with Crippen molar-refractivity contribution >= 4 is 11.9 Å². The Morgan fingerprint density at radius 1 is 1.61 bits per heavy atom. The van der Waals surface area contributed by atoms with Gasteiger partial charge < -0.3 is 10.4 Å². The predicted octanol–water partition coefficient (Wildman–Crippen LogP) is 0.890. The maximum Gasteiger partial charge on any atom is 0.326 e. The number of hydrogen-bond donors (Lipinski definition) is 2. The molecule has 18 heavy (non-hydrogen) atoms. The van der Waals surface area contributed by atoms with Gasteiger partial charge in [-0.05, 0) is 19.3 Å². The van der Waals surface area contributed by atoms with E-state index in [1.807, 2.05) is 0 Å². The van der Waals surface area contributed by atoms with Crippen LogP contribution < -0.4 is 5.32 Å². The van der Waals surface area contributed by atoms with Crippen LogP contribution in [0, 0.1) is 0 Å². The van der Waals surface area contributed by atoms with Gasteiger partial charge in [0.25, 0.3) is 5.91 Å². The van der Waals surface area contributed by atoms with Gasteiger partial charge in [-0.1, -0.05) is 6.92 Å². The molecule has 1 fully saturated rings. The molecule has 1 heterocycles. The highest BCUT2D eigenvalue weighted by Crippen LogP contribution is 2.41. The second-order valence-corrected chi connectivity index (χ2v) is 4.61. The maximum absolute atomic E-state index is 12.1. The third-order valence-corrected chi connectivity index (χ3v) is 3.20. The number of aromatic nitrogens is 2. The smallest absolute Gasteiger partial charge is 0.326 e. The average Bonchev–Trinajstić information content (AvgIpc) is 3.08. The number of amides is 1. The number of nitrogens with zero attached hydrogens (tertiary/aromatic N) is 2. The van der Waals surface area contributed by atoms with Crippen molar-refractivity contribution in [3.8, 4) is 0 Å². The van der Waals surface area contributed by atoms with Crippen molar-refractivity contribution in [2.24, 2.45) is 7.05 Å². The molecule has 1 saturated carbocycles. The first-order valence-corrected chi connectivity index (χ1v) is 6.10. The van der Waals surface area contributed by atoms with Crippen LogP contribution in [0.5, 0.6) is 0 Å². The zero-order valence-electron chi connectivity index (χ0n) is 10.5. The summed E-state index contributed by atoms with van der Waals surface area (Å²) in [5.41, 5.74) is 1.41. The molecule has 0 radical (unpaired) electrons. The van der Waals surface area contributed by atoms with Crippen LogP contribution in [-0.4, -0.2) is 32.8 Å². The Labute approximate surface area is 105 Å². The Morgan fingerprint density at radius 2 is 2.28 bits per heavy atom. The van der Waals surface area contributed by atoms with E-state index in [9.17, 15) is 9.59 Å². The van der Waals surface area contributed by atoms with Crippen molar-refractivity contribution in [3.63, 3.8) is 0 Å². The Morgan fingerprint density at radius 3 is 2.78 bits per heavy atom. The summed E-state index contributed by atoms with van der Waals surface area (Å²) in [7, 11) is 1.80. The van der Waals surface area contributed by atoms with Gasteiger partial charge in [0.15, 0.2) is 0 Å². The SMILES string of the molecule is CCC(NC(=O)c1cnn(C)c1C1CC1)C(=O)O. The van der Waals surface area contributed by atoms with Gasteiger partial charge in [-0.2, -0.15) is 5.10 Å². The lowest BCUT2D eigenvalue weighted by molar-refractivity contribution is -0.139. The largest absolute Gasteiger partial charge is 0.480 e. The molecule has 1 aromatic rings. The zero-order chi connectivity index (χ0) is 13.3. The fourth-order valence-corrected chi connectivity index (χ4v) is 2.04. The van der Waals surface area contributed by atoms with E-state index >= 15 is 0 Å². The van der Waals surface area contributed by atoms with E-state index in [4.69, 9.17) is 5.11 Å². The third-order valence-electron chi connectivity index (χ3n) is 3.20. The third kappa shape index (κ3) is 2.37. The summed E-state index contributed by atoms with van der Waals surface area (Å²) < 4.78 is 1.70. The summed E-state index contributed by atoms with van der Waals surface area (Å²) in [4.78, 5) is 23.0. The number of carbonyl (C=O) groups is 2. The van der Waals surface area contributed by atoms with E-state index in [0.29, 0.717) is 17.9 Å². The summed E-state index contributed by atoms with van der Waals surface area (Å²) >= 11 is 0. The normalized spacial score (nSPS) is 16.3. The fraction of sp³-hybridized carbons (Fsp3) is 0.583. The molecule has 2 rings (SSSR count). The Bertz CT molecular complexity index is 477. The van der Waals surface area contributed by atoms with Crippen molar-refractivity contribution in [3.05, 3.63) is 17.5 Å². The zero-order valence-corrected chi connectivity index (χ0v) is 10.5. The Kier molecular flexibility index (Phi) is 3.36. The second-order valence-electron chi connectivity index (χ2n) is 4.61. The number of rotatable bonds is 5. The number of carbonyl (C=O) groups excluding carboxylic acids is 1. The maximum atomic E-state index is 12.1. The molecule has 6 nitrogen and oxygen atoms in total. The van der Waals surface area contributed by atoms with Crippen molar-refractivity contribution < 1.29 is 14.7 Å². The number of aryl methyl sites for hydroxylation is 1. The molecule has 1 aliphatic carbocycles. The van der Waals surface area contributed by atoms with Gasteiger partial charge >= 0.3 is 5.97 Å². The Hall–Kier alpha value is -1.85. The van der Waals surface area contributed by atoms with Gasteiger partial charge in [-0.25, -0.2) is 4.79 Å². The summed E-state index contributed by atoms with van der Waals surface area (Å²) in [6, 6.07) is -0.843. The second kappa shape index (κ2) is 4.80. The fourth-order valence-electron chi connectivity index (χ4n) is 2.04. The van der Waals surface area contributed by atoms with Gasteiger partial charge in [-0.15, -0.1) is 0 Å². The van der Waals surface area contributed by atoms with E-state index in [2.05, 4.69) is 10.4 Å². The van der Waals surface area contributed by atoms with E-state index in [-0.39, 0.29) is 5.91 Å². The summed E-state index contributed by atoms with van der Waals surface area (Å²) in [6.07, 6.45) is 4.00. The highest BCUT2D eigenvalue weighted by Gasteiger charge is 2.32. The summed E-state index contributed by atoms with van der Waals surface area (Å²) in [6.45, 7) is 1.73. The highest BCUT2D eigenvalue weighted by molar-refractivity contribution is 5.97. The minimum absolute atomic E-state index is 0.348. The van der Waals surface area contributed by atoms with Crippen LogP contribution in [0.2, 0.25) is 0 Å². The summed E-state index contributed by atoms with van der Waals surface area (Å²) in [5, 5.41) is 15.5. The van der Waals surface area contributed by atoms with Gasteiger partial charge in [0, 0.05) is 13.0 Å². The van der Waals surface area contributed by atoms with E-state index in [1.54, 1.807) is 18.7 Å². The number of hydrogen-bond acceptors (Lipinski definition) is 3. The van der Waals surface area contributed by atoms with Crippen molar-refractivity contribution in [1.82, 2.24) is 15.1 Å². The minimum atomic E-state index is -1.01. The van der Waals surface area contributed by atoms with Gasteiger partial charge in [-0.3, -0.25) is 9.48 Å². The monoisotopic (exact) mass is 251 g/mol. The predicted molar refractivity (Wildman–Crippen MR) is 64.4 cm³/mol. The molecule has 98 valence electrons. The molecule has 0 bridgehead atoms. The van der Waals surface area contributed by atoms with Crippen molar-refractivity contribution in [2.45, 2.75) is 38.1 Å². The van der Waals surface area contributed by atoms with E-state index in [1.165, 1.54) is 6.20 Å². The number of aliphatic carboxylic acids is 1. The average molecular weight is 251 g/mol. The minimum Gasteiger partial charge on any atom is -0.480 e. The van der Waals surface area contributed by atoms with Crippen molar-refractivity contribution in [1.29, 1.82) is 0 Å². The molecular weight excluding hydrogens is 234 g/mol. The topological polar surface area (TPSA) is 84.2 Å². The first kappa shape index (κ1) is 12.6. The van der Waals surface area contributed by atoms with Crippen LogP contribution in [0.1, 0.15) is 48.2 Å². The molecule has 0 aromatic carbocycles. The lowest BCUT2D eigenvalue weighted by Gasteiger charge is -2.12. The molecule has 6 heteroatoms. The molecule has 1 amide bonds. The van der Waals surface area contributed by atoms with Crippen LogP contribution in [-0.2, 0) is 11.8 Å². The molecule has 0 saturated heterocycles. The summed E-state index contributed by atoms with van der Waals surface area (Å²) in [5.74, 6) is -0.967. The van der Waals surface area contributed by atoms with Gasteiger partial charge in [0.05, 0.1) is 17.5 Å². The van der Waals surface area contributed by atoms with Crippen LogP contribution in [0.3, 0.4) is 0 Å². The molecule has 1 aromatic heterocycles. The molecule has 0 spiro atoms. The standard InChI is InChI=1S/C12H17N3O3/c1-3-9(12(17)18)14-11(16)8-6-13-15(2)10(8)7-4-5-7/h6-7,9H,3-5H2,1-2H3,(H,14,16)(H,17,18).